The third kappa shape index (κ3) is 5.62. The lowest BCUT2D eigenvalue weighted by atomic mass is 10.4. The maximum absolute atomic E-state index is 11.1. The van der Waals surface area contributed by atoms with Gasteiger partial charge in [-0.3, -0.25) is 0 Å². The van der Waals surface area contributed by atoms with E-state index in [1.165, 1.54) is 0 Å². The Bertz CT molecular complexity index is 286. The minimum Gasteiger partial charge on any atom is -0.480 e. The molecule has 1 aliphatic heterocycles. The fraction of sp³-hybridized carbons (Fsp3) is 0.800. The van der Waals surface area contributed by atoms with Gasteiger partial charge in [0.25, 0.3) is 0 Å². The van der Waals surface area contributed by atoms with Gasteiger partial charge in [0.05, 0.1) is 6.61 Å². The molecule has 1 aliphatic rings. The van der Waals surface area contributed by atoms with Crippen LogP contribution in [0.25, 0.3) is 0 Å². The highest BCUT2D eigenvalue weighted by Crippen LogP contribution is 2.22. The molecule has 1 saturated heterocycles. The number of ether oxygens (including phenoxy) is 4. The second-order valence-electron chi connectivity index (χ2n) is 4.02. The van der Waals surface area contributed by atoms with E-state index in [9.17, 15) is 9.59 Å². The molecule has 0 aliphatic carbocycles. The zero-order valence-electron chi connectivity index (χ0n) is 9.80. The van der Waals surface area contributed by atoms with Gasteiger partial charge in [-0.2, -0.15) is 0 Å². The van der Waals surface area contributed by atoms with E-state index >= 15 is 0 Å². The van der Waals surface area contributed by atoms with E-state index in [1.807, 2.05) is 0 Å². The van der Waals surface area contributed by atoms with Crippen molar-refractivity contribution in [3.63, 3.8) is 0 Å². The fourth-order valence-corrected chi connectivity index (χ4v) is 1.29. The third-order valence-electron chi connectivity index (χ3n) is 1.94. The minimum absolute atomic E-state index is 0.0681. The summed E-state index contributed by atoms with van der Waals surface area (Å²) >= 11 is 0. The van der Waals surface area contributed by atoms with E-state index in [0.29, 0.717) is 6.61 Å². The van der Waals surface area contributed by atoms with Crippen LogP contribution in [0.2, 0.25) is 0 Å². The zero-order valence-corrected chi connectivity index (χ0v) is 9.80. The molecular formula is C10H16O7. The topological polar surface area (TPSA) is 91.3 Å². The SMILES string of the molecule is CC1(C)OCC(COC(=O)COCC(=O)O)O1. The van der Waals surface area contributed by atoms with Crippen molar-refractivity contribution in [2.75, 3.05) is 26.4 Å². The number of carboxylic acid groups (broad SMARTS) is 1. The van der Waals surface area contributed by atoms with E-state index in [0.717, 1.165) is 0 Å². The minimum atomic E-state index is -1.13. The molecule has 0 spiro atoms. The van der Waals surface area contributed by atoms with Crippen LogP contribution in [0.3, 0.4) is 0 Å². The number of esters is 1. The second-order valence-corrected chi connectivity index (χ2v) is 4.02. The molecule has 7 nitrogen and oxygen atoms in total. The normalized spacial score (nSPS) is 22.4. The zero-order chi connectivity index (χ0) is 12.9. The van der Waals surface area contributed by atoms with Gasteiger partial charge in [-0.05, 0) is 13.8 Å². The fourth-order valence-electron chi connectivity index (χ4n) is 1.29. The summed E-state index contributed by atoms with van der Waals surface area (Å²) in [5.41, 5.74) is 0. The predicted molar refractivity (Wildman–Crippen MR) is 54.3 cm³/mol. The molecule has 1 atom stereocenters. The van der Waals surface area contributed by atoms with Crippen molar-refractivity contribution in [3.8, 4) is 0 Å². The third-order valence-corrected chi connectivity index (χ3v) is 1.94. The largest absolute Gasteiger partial charge is 0.480 e. The number of carboxylic acids is 1. The summed E-state index contributed by atoms with van der Waals surface area (Å²) in [6.45, 7) is 3.05. The van der Waals surface area contributed by atoms with Gasteiger partial charge >= 0.3 is 11.9 Å². The van der Waals surface area contributed by atoms with Gasteiger partial charge in [0.15, 0.2) is 5.79 Å². The first-order valence-corrected chi connectivity index (χ1v) is 5.16. The molecule has 0 saturated carbocycles. The number of hydrogen-bond acceptors (Lipinski definition) is 6. The van der Waals surface area contributed by atoms with E-state index < -0.39 is 24.3 Å². The lowest BCUT2D eigenvalue weighted by Crippen LogP contribution is -2.26. The molecule has 17 heavy (non-hydrogen) atoms. The highest BCUT2D eigenvalue weighted by molar-refractivity contribution is 5.72. The Balaban J connectivity index is 2.10. The van der Waals surface area contributed by atoms with Crippen molar-refractivity contribution in [1.82, 2.24) is 0 Å². The highest BCUT2D eigenvalue weighted by atomic mass is 16.7. The Kier molecular flexibility index (Phi) is 4.86. The van der Waals surface area contributed by atoms with Gasteiger partial charge in [-0.1, -0.05) is 0 Å². The van der Waals surface area contributed by atoms with Gasteiger partial charge in [-0.15, -0.1) is 0 Å². The summed E-state index contributed by atoms with van der Waals surface area (Å²) in [5, 5.41) is 8.27. The van der Waals surface area contributed by atoms with Crippen LogP contribution in [0, 0.1) is 0 Å². The first-order valence-electron chi connectivity index (χ1n) is 5.16. The Labute approximate surface area is 98.6 Å². The molecule has 0 radical (unpaired) electrons. The summed E-state index contributed by atoms with van der Waals surface area (Å²) in [6.07, 6.45) is -0.298. The predicted octanol–water partition coefficient (Wildman–Crippen LogP) is -0.218. The van der Waals surface area contributed by atoms with Crippen LogP contribution in [0.15, 0.2) is 0 Å². The van der Waals surface area contributed by atoms with Gasteiger partial charge in [0, 0.05) is 0 Å². The summed E-state index contributed by atoms with van der Waals surface area (Å²) in [5.74, 6) is -2.41. The number of carbonyl (C=O) groups is 2. The molecule has 0 amide bonds. The van der Waals surface area contributed by atoms with Gasteiger partial charge in [0.2, 0.25) is 0 Å². The molecule has 0 aromatic rings. The summed E-state index contributed by atoms with van der Waals surface area (Å²) in [4.78, 5) is 21.2. The molecule has 1 unspecified atom stereocenters. The number of rotatable bonds is 6. The molecule has 1 fully saturated rings. The summed E-state index contributed by atoms with van der Waals surface area (Å²) in [6, 6.07) is 0. The van der Waals surface area contributed by atoms with Crippen LogP contribution in [0.4, 0.5) is 0 Å². The van der Waals surface area contributed by atoms with Crippen molar-refractivity contribution < 1.29 is 33.6 Å². The second kappa shape index (κ2) is 5.95. The molecule has 1 heterocycles. The lowest BCUT2D eigenvalue weighted by Gasteiger charge is -2.16. The molecule has 0 aromatic carbocycles. The van der Waals surface area contributed by atoms with Gasteiger partial charge in [-0.25, -0.2) is 9.59 Å². The van der Waals surface area contributed by atoms with Crippen LogP contribution in [-0.2, 0) is 28.5 Å². The summed E-state index contributed by atoms with van der Waals surface area (Å²) < 4.78 is 20.1. The molecular weight excluding hydrogens is 232 g/mol. The Morgan fingerprint density at radius 3 is 2.65 bits per heavy atom. The molecule has 7 heteroatoms. The molecule has 1 rings (SSSR count). The van der Waals surface area contributed by atoms with Crippen LogP contribution in [0.1, 0.15) is 13.8 Å². The van der Waals surface area contributed by atoms with Crippen molar-refractivity contribution in [3.05, 3.63) is 0 Å². The average molecular weight is 248 g/mol. The number of carbonyl (C=O) groups excluding carboxylic acids is 1. The van der Waals surface area contributed by atoms with Crippen LogP contribution < -0.4 is 0 Å². The van der Waals surface area contributed by atoms with E-state index in [1.54, 1.807) is 13.8 Å². The van der Waals surface area contributed by atoms with Crippen molar-refractivity contribution in [1.29, 1.82) is 0 Å². The van der Waals surface area contributed by atoms with Crippen LogP contribution in [0.5, 0.6) is 0 Å². The van der Waals surface area contributed by atoms with E-state index in [2.05, 4.69) is 4.74 Å². The average Bonchev–Trinajstić information content (AvgIpc) is 2.55. The quantitative estimate of drug-likeness (QED) is 0.650. The van der Waals surface area contributed by atoms with Crippen molar-refractivity contribution >= 4 is 11.9 Å². The summed E-state index contributed by atoms with van der Waals surface area (Å²) in [7, 11) is 0. The maximum atomic E-state index is 11.1. The van der Waals surface area contributed by atoms with Crippen molar-refractivity contribution in [2.45, 2.75) is 25.7 Å². The standard InChI is InChI=1S/C10H16O7/c1-10(2)16-4-7(17-10)3-15-9(13)6-14-5-8(11)12/h7H,3-6H2,1-2H3,(H,11,12). The maximum Gasteiger partial charge on any atom is 0.332 e. The molecule has 0 bridgehead atoms. The Morgan fingerprint density at radius 2 is 2.12 bits per heavy atom. The van der Waals surface area contributed by atoms with Crippen molar-refractivity contribution in [2.24, 2.45) is 0 Å². The Hall–Kier alpha value is -1.18. The number of aliphatic carboxylic acids is 1. The molecule has 0 aromatic heterocycles. The molecule has 1 N–H and O–H groups in total. The first kappa shape index (κ1) is 13.9. The lowest BCUT2D eigenvalue weighted by molar-refractivity contribution is -0.163. The first-order chi connectivity index (χ1) is 7.89. The highest BCUT2D eigenvalue weighted by Gasteiger charge is 2.33. The van der Waals surface area contributed by atoms with Gasteiger partial charge < -0.3 is 24.1 Å². The van der Waals surface area contributed by atoms with E-state index in [4.69, 9.17) is 19.3 Å². The van der Waals surface area contributed by atoms with E-state index in [-0.39, 0.29) is 19.3 Å². The Morgan fingerprint density at radius 1 is 1.41 bits per heavy atom. The monoisotopic (exact) mass is 248 g/mol. The number of hydrogen-bond donors (Lipinski definition) is 1. The van der Waals surface area contributed by atoms with Crippen LogP contribution in [-0.4, -0.2) is 55.4 Å². The molecule has 98 valence electrons. The van der Waals surface area contributed by atoms with Gasteiger partial charge in [0.1, 0.15) is 25.9 Å². The smallest absolute Gasteiger partial charge is 0.332 e. The van der Waals surface area contributed by atoms with Crippen LogP contribution >= 0.6 is 0 Å².